The zero-order valence-electron chi connectivity index (χ0n) is 15.5. The lowest BCUT2D eigenvalue weighted by atomic mass is 10.1. The number of halogens is 2. The third kappa shape index (κ3) is 5.05. The van der Waals surface area contributed by atoms with Crippen molar-refractivity contribution in [3.63, 3.8) is 0 Å². The van der Waals surface area contributed by atoms with E-state index in [2.05, 4.69) is 25.6 Å². The number of carbonyl (C=O) groups is 1. The number of tetrazole rings is 1. The zero-order valence-corrected chi connectivity index (χ0v) is 17.9. The van der Waals surface area contributed by atoms with Crippen molar-refractivity contribution in [2.24, 2.45) is 0 Å². The summed E-state index contributed by atoms with van der Waals surface area (Å²) in [6.45, 7) is 0.00743. The van der Waals surface area contributed by atoms with Gasteiger partial charge < -0.3 is 10.1 Å². The molecule has 3 aromatic rings. The second-order valence-corrected chi connectivity index (χ2v) is 8.48. The van der Waals surface area contributed by atoms with Gasteiger partial charge in [0.1, 0.15) is 12.1 Å². The summed E-state index contributed by atoms with van der Waals surface area (Å²) in [5, 5.41) is 14.0. The molecule has 13 heteroatoms. The molecule has 2 aromatic carbocycles. The zero-order chi connectivity index (χ0) is 21.7. The molecule has 0 spiro atoms. The second kappa shape index (κ2) is 9.39. The van der Waals surface area contributed by atoms with Gasteiger partial charge in [0, 0.05) is 24.2 Å². The molecule has 0 atom stereocenters. The SMILES string of the molecule is COc1cc(-n2cnnn2)c(Cl)cc1C(=O)NCCNS(=O)(=O)c1cccc(Cl)c1. The molecule has 1 aromatic heterocycles. The standard InChI is InChI=1S/C17H16Cl2N6O4S/c1-29-16-9-15(25-10-21-23-24-25)14(19)8-13(16)17(26)20-5-6-22-30(27,28)12-4-2-3-11(18)7-12/h2-4,7-10,22H,5-6H2,1H3,(H,20,26). The van der Waals surface area contributed by atoms with E-state index < -0.39 is 15.9 Å². The van der Waals surface area contributed by atoms with Crippen LogP contribution in [0.1, 0.15) is 10.4 Å². The van der Waals surface area contributed by atoms with Crippen LogP contribution >= 0.6 is 23.2 Å². The summed E-state index contributed by atoms with van der Waals surface area (Å²) in [4.78, 5) is 12.6. The second-order valence-electron chi connectivity index (χ2n) is 5.87. The van der Waals surface area contributed by atoms with Crippen LogP contribution in [0.5, 0.6) is 5.75 Å². The van der Waals surface area contributed by atoms with Crippen LogP contribution in [-0.2, 0) is 10.0 Å². The first-order valence-electron chi connectivity index (χ1n) is 8.46. The number of aromatic nitrogens is 4. The normalized spacial score (nSPS) is 11.3. The number of methoxy groups -OCH3 is 1. The molecule has 1 amide bonds. The molecule has 0 radical (unpaired) electrons. The monoisotopic (exact) mass is 470 g/mol. The summed E-state index contributed by atoms with van der Waals surface area (Å²) in [6, 6.07) is 8.81. The molecule has 0 unspecified atom stereocenters. The maximum atomic E-state index is 12.5. The molecule has 0 aliphatic heterocycles. The maximum absolute atomic E-state index is 12.5. The number of nitrogens with one attached hydrogen (secondary N) is 2. The van der Waals surface area contributed by atoms with Gasteiger partial charge >= 0.3 is 0 Å². The van der Waals surface area contributed by atoms with Crippen LogP contribution in [-0.4, -0.2) is 54.7 Å². The molecule has 30 heavy (non-hydrogen) atoms. The van der Waals surface area contributed by atoms with Gasteiger partial charge in [0.15, 0.2) is 0 Å². The number of benzene rings is 2. The van der Waals surface area contributed by atoms with E-state index in [0.717, 1.165) is 0 Å². The van der Waals surface area contributed by atoms with Gasteiger partial charge in [-0.05, 0) is 34.7 Å². The number of hydrogen-bond acceptors (Lipinski definition) is 7. The highest BCUT2D eigenvalue weighted by atomic mass is 35.5. The number of hydrogen-bond donors (Lipinski definition) is 2. The Hall–Kier alpha value is -2.73. The predicted octanol–water partition coefficient (Wildman–Crippen LogP) is 1.69. The van der Waals surface area contributed by atoms with E-state index in [4.69, 9.17) is 27.9 Å². The minimum Gasteiger partial charge on any atom is -0.496 e. The molecule has 2 N–H and O–H groups in total. The van der Waals surface area contributed by atoms with Crippen molar-refractivity contribution in [2.45, 2.75) is 4.90 Å². The van der Waals surface area contributed by atoms with Gasteiger partial charge in [0.25, 0.3) is 5.91 Å². The van der Waals surface area contributed by atoms with Crippen molar-refractivity contribution in [1.82, 2.24) is 30.2 Å². The van der Waals surface area contributed by atoms with Crippen molar-refractivity contribution < 1.29 is 17.9 Å². The lowest BCUT2D eigenvalue weighted by Crippen LogP contribution is -2.34. The Bertz CT molecular complexity index is 1160. The van der Waals surface area contributed by atoms with Crippen LogP contribution in [0, 0.1) is 0 Å². The molecule has 3 rings (SSSR count). The van der Waals surface area contributed by atoms with Crippen molar-refractivity contribution in [3.8, 4) is 11.4 Å². The molecular formula is C17H16Cl2N6O4S. The molecule has 1 heterocycles. The van der Waals surface area contributed by atoms with Crippen LogP contribution in [0.4, 0.5) is 0 Å². The highest BCUT2D eigenvalue weighted by Gasteiger charge is 2.18. The highest BCUT2D eigenvalue weighted by Crippen LogP contribution is 2.29. The average molecular weight is 471 g/mol. The van der Waals surface area contributed by atoms with Gasteiger partial charge in [-0.3, -0.25) is 4.79 Å². The number of amides is 1. The summed E-state index contributed by atoms with van der Waals surface area (Å²) in [5.74, 6) is -0.235. The first-order valence-corrected chi connectivity index (χ1v) is 10.7. The average Bonchev–Trinajstić information content (AvgIpc) is 3.25. The minimum atomic E-state index is -3.75. The Kier molecular flexibility index (Phi) is 6.87. The van der Waals surface area contributed by atoms with Gasteiger partial charge in [0.2, 0.25) is 10.0 Å². The van der Waals surface area contributed by atoms with E-state index in [9.17, 15) is 13.2 Å². The van der Waals surface area contributed by atoms with Gasteiger partial charge in [0.05, 0.1) is 28.3 Å². The fraction of sp³-hybridized carbons (Fsp3) is 0.176. The Balaban J connectivity index is 1.64. The molecule has 10 nitrogen and oxygen atoms in total. The Labute approximate surface area is 182 Å². The fourth-order valence-electron chi connectivity index (χ4n) is 2.51. The smallest absolute Gasteiger partial charge is 0.255 e. The largest absolute Gasteiger partial charge is 0.496 e. The van der Waals surface area contributed by atoms with E-state index in [1.54, 1.807) is 6.07 Å². The summed E-state index contributed by atoms with van der Waals surface area (Å²) in [6.07, 6.45) is 1.35. The molecule has 0 aliphatic carbocycles. The summed E-state index contributed by atoms with van der Waals surface area (Å²) in [5.41, 5.74) is 0.612. The number of rotatable bonds is 8. The van der Waals surface area contributed by atoms with E-state index in [-0.39, 0.29) is 34.3 Å². The molecule has 0 fully saturated rings. The molecular weight excluding hydrogens is 455 g/mol. The van der Waals surface area contributed by atoms with E-state index >= 15 is 0 Å². The third-order valence-corrected chi connectivity index (χ3v) is 5.91. The van der Waals surface area contributed by atoms with E-state index in [1.807, 2.05) is 0 Å². The molecule has 0 bridgehead atoms. The summed E-state index contributed by atoms with van der Waals surface area (Å²) >= 11 is 12.1. The lowest BCUT2D eigenvalue weighted by molar-refractivity contribution is 0.0951. The van der Waals surface area contributed by atoms with Crippen molar-refractivity contribution >= 4 is 39.1 Å². The predicted molar refractivity (Wildman–Crippen MR) is 110 cm³/mol. The quantitative estimate of drug-likeness (QED) is 0.479. The Morgan fingerprint density at radius 2 is 2.00 bits per heavy atom. The van der Waals surface area contributed by atoms with Crippen LogP contribution in [0.3, 0.4) is 0 Å². The minimum absolute atomic E-state index is 0.0284. The van der Waals surface area contributed by atoms with Gasteiger partial charge in [-0.25, -0.2) is 13.1 Å². The third-order valence-electron chi connectivity index (χ3n) is 3.92. The summed E-state index contributed by atoms with van der Waals surface area (Å²) in [7, 11) is -2.34. The molecule has 0 saturated carbocycles. The number of carbonyl (C=O) groups excluding carboxylic acids is 1. The van der Waals surface area contributed by atoms with Crippen molar-refractivity contribution in [2.75, 3.05) is 20.2 Å². The topological polar surface area (TPSA) is 128 Å². The number of nitrogens with zero attached hydrogens (tertiary/aromatic N) is 4. The van der Waals surface area contributed by atoms with Crippen LogP contribution in [0.25, 0.3) is 5.69 Å². The van der Waals surface area contributed by atoms with Gasteiger partial charge in [-0.15, -0.1) is 5.10 Å². The number of sulfonamides is 1. The molecule has 0 aliphatic rings. The van der Waals surface area contributed by atoms with Crippen LogP contribution < -0.4 is 14.8 Å². The van der Waals surface area contributed by atoms with Crippen LogP contribution in [0.15, 0.2) is 47.6 Å². The lowest BCUT2D eigenvalue weighted by Gasteiger charge is -2.13. The first-order chi connectivity index (χ1) is 14.3. The van der Waals surface area contributed by atoms with Gasteiger partial charge in [-0.2, -0.15) is 4.68 Å². The number of ether oxygens (including phenoxy) is 1. The van der Waals surface area contributed by atoms with E-state index in [0.29, 0.717) is 10.7 Å². The highest BCUT2D eigenvalue weighted by molar-refractivity contribution is 7.89. The van der Waals surface area contributed by atoms with Gasteiger partial charge in [-0.1, -0.05) is 29.3 Å². The van der Waals surface area contributed by atoms with E-state index in [1.165, 1.54) is 48.5 Å². The summed E-state index contributed by atoms with van der Waals surface area (Å²) < 4.78 is 33.5. The van der Waals surface area contributed by atoms with Crippen LogP contribution in [0.2, 0.25) is 10.0 Å². The Morgan fingerprint density at radius 1 is 1.20 bits per heavy atom. The first kappa shape index (κ1) is 22.0. The molecule has 0 saturated heterocycles. The van der Waals surface area contributed by atoms with Crippen molar-refractivity contribution in [3.05, 3.63) is 58.3 Å². The fourth-order valence-corrected chi connectivity index (χ4v) is 4.09. The maximum Gasteiger partial charge on any atom is 0.255 e. The van der Waals surface area contributed by atoms with Crippen molar-refractivity contribution in [1.29, 1.82) is 0 Å². The Morgan fingerprint density at radius 3 is 2.67 bits per heavy atom. The molecule has 158 valence electrons.